The van der Waals surface area contributed by atoms with Crippen molar-refractivity contribution in [2.24, 2.45) is 5.73 Å². The number of carbonyl (C=O) groups is 2. The lowest BCUT2D eigenvalue weighted by atomic mass is 10.1. The van der Waals surface area contributed by atoms with Gasteiger partial charge in [0.15, 0.2) is 0 Å². The Labute approximate surface area is 168 Å². The Morgan fingerprint density at radius 1 is 1.07 bits per heavy atom. The van der Waals surface area contributed by atoms with E-state index in [1.807, 2.05) is 37.3 Å². The van der Waals surface area contributed by atoms with Crippen LogP contribution in [0.15, 0.2) is 54.7 Å². The lowest BCUT2D eigenvalue weighted by Crippen LogP contribution is -2.17. The molecular formula is C21H22N6O2. The highest BCUT2D eigenvalue weighted by molar-refractivity contribution is 5.97. The minimum absolute atomic E-state index is 0.160. The average molecular weight is 390 g/mol. The first kappa shape index (κ1) is 19.8. The molecule has 8 heteroatoms. The van der Waals surface area contributed by atoms with Gasteiger partial charge < -0.3 is 21.7 Å². The minimum Gasteiger partial charge on any atom is -0.365 e. The number of nitrogens with one attached hydrogen (secondary N) is 3. The van der Waals surface area contributed by atoms with E-state index in [0.29, 0.717) is 29.7 Å². The van der Waals surface area contributed by atoms with Crippen LogP contribution in [0, 0.1) is 6.92 Å². The monoisotopic (exact) mass is 390 g/mol. The SMILES string of the molecule is CC(=O)Nc1cccc(Nc2ncc(C(N)=O)c(NCc3ccc(C)cc3)n2)c1. The van der Waals surface area contributed by atoms with E-state index in [9.17, 15) is 9.59 Å². The number of aryl methyl sites for hydroxylation is 1. The lowest BCUT2D eigenvalue weighted by Gasteiger charge is -2.12. The molecule has 0 radical (unpaired) electrons. The first-order valence-electron chi connectivity index (χ1n) is 9.01. The van der Waals surface area contributed by atoms with Gasteiger partial charge in [-0.3, -0.25) is 9.59 Å². The van der Waals surface area contributed by atoms with Gasteiger partial charge in [0.05, 0.1) is 5.56 Å². The highest BCUT2D eigenvalue weighted by Crippen LogP contribution is 2.21. The van der Waals surface area contributed by atoms with Gasteiger partial charge in [0.1, 0.15) is 5.82 Å². The van der Waals surface area contributed by atoms with Gasteiger partial charge in [0.25, 0.3) is 5.91 Å². The van der Waals surface area contributed by atoms with E-state index in [1.54, 1.807) is 18.2 Å². The number of hydrogen-bond acceptors (Lipinski definition) is 6. The molecule has 0 bridgehead atoms. The van der Waals surface area contributed by atoms with Gasteiger partial charge in [-0.1, -0.05) is 35.9 Å². The molecule has 5 N–H and O–H groups in total. The number of hydrogen-bond donors (Lipinski definition) is 4. The first-order chi connectivity index (χ1) is 13.9. The summed E-state index contributed by atoms with van der Waals surface area (Å²) in [4.78, 5) is 31.5. The second kappa shape index (κ2) is 8.83. The summed E-state index contributed by atoms with van der Waals surface area (Å²) in [6, 6.07) is 15.2. The Bertz CT molecular complexity index is 1030. The number of rotatable bonds is 7. The minimum atomic E-state index is -0.615. The van der Waals surface area contributed by atoms with Crippen molar-refractivity contribution in [2.75, 3.05) is 16.0 Å². The van der Waals surface area contributed by atoms with Gasteiger partial charge in [-0.25, -0.2) is 4.98 Å². The van der Waals surface area contributed by atoms with Crippen LogP contribution in [0.5, 0.6) is 0 Å². The molecule has 3 aromatic rings. The van der Waals surface area contributed by atoms with E-state index in [-0.39, 0.29) is 11.5 Å². The molecule has 29 heavy (non-hydrogen) atoms. The van der Waals surface area contributed by atoms with Crippen LogP contribution in [0.25, 0.3) is 0 Å². The summed E-state index contributed by atoms with van der Waals surface area (Å²) >= 11 is 0. The van der Waals surface area contributed by atoms with Gasteiger partial charge in [-0.15, -0.1) is 0 Å². The third-order valence-electron chi connectivity index (χ3n) is 4.07. The predicted molar refractivity (Wildman–Crippen MR) is 113 cm³/mol. The van der Waals surface area contributed by atoms with Gasteiger partial charge in [-0.2, -0.15) is 4.98 Å². The van der Waals surface area contributed by atoms with E-state index in [4.69, 9.17) is 5.73 Å². The maximum Gasteiger partial charge on any atom is 0.254 e. The van der Waals surface area contributed by atoms with E-state index in [1.165, 1.54) is 18.7 Å². The van der Waals surface area contributed by atoms with Crippen LogP contribution in [0.4, 0.5) is 23.1 Å². The number of carbonyl (C=O) groups excluding carboxylic acids is 2. The molecule has 8 nitrogen and oxygen atoms in total. The van der Waals surface area contributed by atoms with Crippen molar-refractivity contribution in [3.63, 3.8) is 0 Å². The van der Waals surface area contributed by atoms with E-state index in [0.717, 1.165) is 5.56 Å². The first-order valence-corrected chi connectivity index (χ1v) is 9.01. The van der Waals surface area contributed by atoms with Gasteiger partial charge in [0.2, 0.25) is 11.9 Å². The Hall–Kier alpha value is -3.94. The molecule has 0 unspecified atom stereocenters. The van der Waals surface area contributed by atoms with Crippen molar-refractivity contribution < 1.29 is 9.59 Å². The molecule has 2 amide bonds. The van der Waals surface area contributed by atoms with Crippen molar-refractivity contribution >= 4 is 35.0 Å². The van der Waals surface area contributed by atoms with E-state index >= 15 is 0 Å². The molecule has 1 aromatic heterocycles. The van der Waals surface area contributed by atoms with Crippen LogP contribution in [0.3, 0.4) is 0 Å². The molecule has 0 aliphatic rings. The zero-order valence-electron chi connectivity index (χ0n) is 16.2. The standard InChI is InChI=1S/C21H22N6O2/c1-13-6-8-15(9-7-13)11-23-20-18(19(22)29)12-24-21(27-20)26-17-5-3-4-16(10-17)25-14(2)28/h3-10,12H,11H2,1-2H3,(H2,22,29)(H,25,28)(H2,23,24,26,27). The fourth-order valence-electron chi connectivity index (χ4n) is 2.66. The number of aromatic nitrogens is 2. The third-order valence-corrected chi connectivity index (χ3v) is 4.07. The molecule has 0 aliphatic heterocycles. The maximum atomic E-state index is 11.7. The number of amides is 2. The zero-order valence-corrected chi connectivity index (χ0v) is 16.2. The van der Waals surface area contributed by atoms with E-state index in [2.05, 4.69) is 25.9 Å². The highest BCUT2D eigenvalue weighted by atomic mass is 16.1. The summed E-state index contributed by atoms with van der Waals surface area (Å²) in [5, 5.41) is 8.92. The molecule has 0 aliphatic carbocycles. The van der Waals surface area contributed by atoms with Gasteiger partial charge >= 0.3 is 0 Å². The van der Waals surface area contributed by atoms with Crippen LogP contribution < -0.4 is 21.7 Å². The normalized spacial score (nSPS) is 10.3. The molecule has 0 saturated heterocycles. The van der Waals surface area contributed by atoms with Crippen molar-refractivity contribution in [3.05, 3.63) is 71.4 Å². The Balaban J connectivity index is 1.79. The number of benzene rings is 2. The summed E-state index contributed by atoms with van der Waals surface area (Å²) in [5.41, 5.74) is 9.20. The fourth-order valence-corrected chi connectivity index (χ4v) is 2.66. The molecule has 0 spiro atoms. The maximum absolute atomic E-state index is 11.7. The van der Waals surface area contributed by atoms with Crippen LogP contribution >= 0.6 is 0 Å². The highest BCUT2D eigenvalue weighted by Gasteiger charge is 2.12. The summed E-state index contributed by atoms with van der Waals surface area (Å²) in [5.74, 6) is -0.141. The Morgan fingerprint density at radius 3 is 2.48 bits per heavy atom. The predicted octanol–water partition coefficient (Wildman–Crippen LogP) is 3.20. The Kier molecular flexibility index (Phi) is 6.03. The second-order valence-corrected chi connectivity index (χ2v) is 6.55. The van der Waals surface area contributed by atoms with Crippen LogP contribution in [-0.4, -0.2) is 21.8 Å². The second-order valence-electron chi connectivity index (χ2n) is 6.55. The average Bonchev–Trinajstić information content (AvgIpc) is 2.67. The molecule has 0 atom stereocenters. The van der Waals surface area contributed by atoms with Crippen molar-refractivity contribution in [2.45, 2.75) is 20.4 Å². The lowest BCUT2D eigenvalue weighted by molar-refractivity contribution is -0.114. The van der Waals surface area contributed by atoms with Crippen molar-refractivity contribution in [1.29, 1.82) is 0 Å². The number of primary amides is 1. The smallest absolute Gasteiger partial charge is 0.254 e. The summed E-state index contributed by atoms with van der Waals surface area (Å²) in [7, 11) is 0. The Morgan fingerprint density at radius 2 is 1.79 bits per heavy atom. The van der Waals surface area contributed by atoms with Crippen LogP contribution in [-0.2, 0) is 11.3 Å². The third kappa shape index (κ3) is 5.52. The van der Waals surface area contributed by atoms with Crippen molar-refractivity contribution in [1.82, 2.24) is 9.97 Å². The number of nitrogens with zero attached hydrogens (tertiary/aromatic N) is 2. The van der Waals surface area contributed by atoms with Gasteiger partial charge in [-0.05, 0) is 30.7 Å². The van der Waals surface area contributed by atoms with Gasteiger partial charge in [0, 0.05) is 31.0 Å². The van der Waals surface area contributed by atoms with E-state index < -0.39 is 5.91 Å². The zero-order chi connectivity index (χ0) is 20.8. The quantitative estimate of drug-likeness (QED) is 0.491. The van der Waals surface area contributed by atoms with Crippen molar-refractivity contribution in [3.8, 4) is 0 Å². The summed E-state index contributed by atoms with van der Waals surface area (Å²) < 4.78 is 0. The molecule has 0 saturated carbocycles. The molecule has 0 fully saturated rings. The summed E-state index contributed by atoms with van der Waals surface area (Å²) in [6.45, 7) is 3.94. The molecular weight excluding hydrogens is 368 g/mol. The molecule has 3 rings (SSSR count). The molecule has 1 heterocycles. The number of nitrogens with two attached hydrogens (primary N) is 1. The van der Waals surface area contributed by atoms with Crippen LogP contribution in [0.2, 0.25) is 0 Å². The molecule has 148 valence electrons. The number of anilines is 4. The fraction of sp³-hybridized carbons (Fsp3) is 0.143. The topological polar surface area (TPSA) is 122 Å². The summed E-state index contributed by atoms with van der Waals surface area (Å²) in [6.07, 6.45) is 1.38. The van der Waals surface area contributed by atoms with Crippen LogP contribution in [0.1, 0.15) is 28.4 Å². The molecule has 2 aromatic carbocycles. The largest absolute Gasteiger partial charge is 0.365 e.